The Morgan fingerprint density at radius 1 is 1.00 bits per heavy atom. The van der Waals surface area contributed by atoms with Gasteiger partial charge in [-0.2, -0.15) is 5.10 Å². The molecule has 5 heteroatoms. The number of amides is 2. The van der Waals surface area contributed by atoms with E-state index in [0.717, 1.165) is 29.7 Å². The van der Waals surface area contributed by atoms with Crippen molar-refractivity contribution in [2.75, 3.05) is 6.54 Å². The molecular formula is C25H31N3O2. The topological polar surface area (TPSA) is 61.8 Å². The van der Waals surface area contributed by atoms with Gasteiger partial charge in [0.1, 0.15) is 0 Å². The van der Waals surface area contributed by atoms with Gasteiger partial charge in [0, 0.05) is 19.3 Å². The van der Waals surface area contributed by atoms with E-state index in [1.165, 1.54) is 10.6 Å². The molecule has 0 fully saturated rings. The minimum absolute atomic E-state index is 0.0878. The minimum atomic E-state index is -0.117. The molecular weight excluding hydrogens is 374 g/mol. The Balaban J connectivity index is 1.46. The van der Waals surface area contributed by atoms with Crippen LogP contribution in [0.2, 0.25) is 0 Å². The van der Waals surface area contributed by atoms with Crippen molar-refractivity contribution in [3.63, 3.8) is 0 Å². The zero-order valence-corrected chi connectivity index (χ0v) is 18.1. The summed E-state index contributed by atoms with van der Waals surface area (Å²) in [4.78, 5) is 24.8. The number of hydrogen-bond acceptors (Lipinski definition) is 3. The van der Waals surface area contributed by atoms with Crippen LogP contribution in [-0.4, -0.2) is 29.1 Å². The summed E-state index contributed by atoms with van der Waals surface area (Å²) >= 11 is 0. The van der Waals surface area contributed by atoms with E-state index in [9.17, 15) is 9.59 Å². The van der Waals surface area contributed by atoms with E-state index < -0.39 is 0 Å². The Labute approximate surface area is 179 Å². The van der Waals surface area contributed by atoms with Crippen LogP contribution in [0.4, 0.5) is 0 Å². The first kappa shape index (κ1) is 21.8. The molecule has 158 valence electrons. The maximum atomic E-state index is 12.4. The van der Waals surface area contributed by atoms with Gasteiger partial charge in [0.15, 0.2) is 0 Å². The van der Waals surface area contributed by atoms with Crippen LogP contribution in [0.15, 0.2) is 59.7 Å². The van der Waals surface area contributed by atoms with Crippen LogP contribution < -0.4 is 5.32 Å². The van der Waals surface area contributed by atoms with E-state index in [1.807, 2.05) is 37.3 Å². The van der Waals surface area contributed by atoms with E-state index in [2.05, 4.69) is 48.5 Å². The first-order valence-corrected chi connectivity index (χ1v) is 10.7. The molecule has 1 unspecified atom stereocenters. The summed E-state index contributed by atoms with van der Waals surface area (Å²) < 4.78 is 0. The van der Waals surface area contributed by atoms with Crippen molar-refractivity contribution in [1.82, 2.24) is 10.3 Å². The lowest BCUT2D eigenvalue weighted by Gasteiger charge is -2.16. The van der Waals surface area contributed by atoms with Gasteiger partial charge in [-0.15, -0.1) is 0 Å². The molecule has 1 aliphatic rings. The number of hydrazone groups is 1. The second kappa shape index (κ2) is 10.2. The SMILES string of the molecule is CC(C)Cc1ccc(C(C)NC(=O)CCC(=O)N2CCC(c3ccccc3)=N2)cc1. The Kier molecular flexibility index (Phi) is 7.39. The van der Waals surface area contributed by atoms with Crippen molar-refractivity contribution in [3.8, 4) is 0 Å². The quantitative estimate of drug-likeness (QED) is 0.704. The highest BCUT2D eigenvalue weighted by Gasteiger charge is 2.22. The molecule has 1 aliphatic heterocycles. The van der Waals surface area contributed by atoms with Crippen molar-refractivity contribution in [1.29, 1.82) is 0 Å². The molecule has 2 aromatic rings. The maximum absolute atomic E-state index is 12.4. The summed E-state index contributed by atoms with van der Waals surface area (Å²) in [5.41, 5.74) is 4.33. The highest BCUT2D eigenvalue weighted by molar-refractivity contribution is 6.02. The molecule has 0 spiro atoms. The normalized spacial score (nSPS) is 14.5. The molecule has 2 amide bonds. The zero-order chi connectivity index (χ0) is 21.5. The highest BCUT2D eigenvalue weighted by atomic mass is 16.2. The van der Waals surface area contributed by atoms with Crippen LogP contribution in [0.5, 0.6) is 0 Å². The summed E-state index contributed by atoms with van der Waals surface area (Å²) in [7, 11) is 0. The van der Waals surface area contributed by atoms with Gasteiger partial charge >= 0.3 is 0 Å². The summed E-state index contributed by atoms with van der Waals surface area (Å²) in [5, 5.41) is 8.93. The van der Waals surface area contributed by atoms with Crippen molar-refractivity contribution >= 4 is 17.5 Å². The summed E-state index contributed by atoms with van der Waals surface area (Å²) in [6.45, 7) is 6.94. The fourth-order valence-electron chi connectivity index (χ4n) is 3.63. The molecule has 3 rings (SSSR count). The fourth-order valence-corrected chi connectivity index (χ4v) is 3.63. The second-order valence-corrected chi connectivity index (χ2v) is 8.31. The molecule has 5 nitrogen and oxygen atoms in total. The minimum Gasteiger partial charge on any atom is -0.350 e. The number of nitrogens with one attached hydrogen (secondary N) is 1. The zero-order valence-electron chi connectivity index (χ0n) is 18.1. The Morgan fingerprint density at radius 3 is 2.37 bits per heavy atom. The van der Waals surface area contributed by atoms with Crippen molar-refractivity contribution in [3.05, 3.63) is 71.3 Å². The summed E-state index contributed by atoms with van der Waals surface area (Å²) in [6.07, 6.45) is 2.12. The molecule has 30 heavy (non-hydrogen) atoms. The van der Waals surface area contributed by atoms with Gasteiger partial charge in [-0.1, -0.05) is 68.4 Å². The van der Waals surface area contributed by atoms with E-state index in [0.29, 0.717) is 12.5 Å². The van der Waals surface area contributed by atoms with E-state index >= 15 is 0 Å². The molecule has 2 aromatic carbocycles. The lowest BCUT2D eigenvalue weighted by Crippen LogP contribution is -2.29. The lowest BCUT2D eigenvalue weighted by atomic mass is 10.00. The standard InChI is InChI=1S/C25H31N3O2/c1-18(2)17-20-9-11-21(12-10-20)19(3)26-24(29)13-14-25(30)28-16-15-23(27-28)22-7-5-4-6-8-22/h4-12,18-19H,13-17H2,1-3H3,(H,26,29). The van der Waals surface area contributed by atoms with Crippen LogP contribution in [0.25, 0.3) is 0 Å². The highest BCUT2D eigenvalue weighted by Crippen LogP contribution is 2.17. The van der Waals surface area contributed by atoms with Crippen LogP contribution in [-0.2, 0) is 16.0 Å². The van der Waals surface area contributed by atoms with Gasteiger partial charge in [0.05, 0.1) is 18.3 Å². The largest absolute Gasteiger partial charge is 0.350 e. The predicted molar refractivity (Wildman–Crippen MR) is 120 cm³/mol. The number of nitrogens with zero attached hydrogens (tertiary/aromatic N) is 2. The number of rotatable bonds is 8. The van der Waals surface area contributed by atoms with Crippen LogP contribution >= 0.6 is 0 Å². The lowest BCUT2D eigenvalue weighted by molar-refractivity contribution is -0.133. The molecule has 1 heterocycles. The molecule has 0 bridgehead atoms. The van der Waals surface area contributed by atoms with Crippen molar-refractivity contribution < 1.29 is 9.59 Å². The van der Waals surface area contributed by atoms with Gasteiger partial charge in [-0.05, 0) is 36.0 Å². The van der Waals surface area contributed by atoms with Gasteiger partial charge < -0.3 is 5.32 Å². The average Bonchev–Trinajstić information content (AvgIpc) is 3.23. The molecule has 1 N–H and O–H groups in total. The van der Waals surface area contributed by atoms with E-state index in [-0.39, 0.29) is 30.7 Å². The third kappa shape index (κ3) is 6.02. The number of hydrogen-bond donors (Lipinski definition) is 1. The monoisotopic (exact) mass is 405 g/mol. The molecule has 0 saturated carbocycles. The van der Waals surface area contributed by atoms with Crippen LogP contribution in [0.1, 0.15) is 62.8 Å². The molecule has 0 aliphatic carbocycles. The third-order valence-electron chi connectivity index (χ3n) is 5.26. The van der Waals surface area contributed by atoms with Gasteiger partial charge in [0.25, 0.3) is 0 Å². The van der Waals surface area contributed by atoms with Crippen molar-refractivity contribution in [2.24, 2.45) is 11.0 Å². The summed E-state index contributed by atoms with van der Waals surface area (Å²) in [6, 6.07) is 18.2. The van der Waals surface area contributed by atoms with Crippen LogP contribution in [0, 0.1) is 5.92 Å². The van der Waals surface area contributed by atoms with Crippen LogP contribution in [0.3, 0.4) is 0 Å². The van der Waals surface area contributed by atoms with Gasteiger partial charge in [-0.3, -0.25) is 9.59 Å². The Hall–Kier alpha value is -2.95. The molecule has 1 atom stereocenters. The molecule has 0 aromatic heterocycles. The maximum Gasteiger partial charge on any atom is 0.243 e. The summed E-state index contributed by atoms with van der Waals surface area (Å²) in [5.74, 6) is 0.393. The Bertz CT molecular complexity index is 888. The number of carbonyl (C=O) groups excluding carboxylic acids is 2. The predicted octanol–water partition coefficient (Wildman–Crippen LogP) is 4.48. The number of benzene rings is 2. The van der Waals surface area contributed by atoms with E-state index in [1.54, 1.807) is 0 Å². The number of carbonyl (C=O) groups is 2. The average molecular weight is 406 g/mol. The molecule has 0 saturated heterocycles. The fraction of sp³-hybridized carbons (Fsp3) is 0.400. The molecule has 0 radical (unpaired) electrons. The Morgan fingerprint density at radius 2 is 1.70 bits per heavy atom. The second-order valence-electron chi connectivity index (χ2n) is 8.31. The van der Waals surface area contributed by atoms with Crippen molar-refractivity contribution in [2.45, 2.75) is 52.5 Å². The third-order valence-corrected chi connectivity index (χ3v) is 5.26. The smallest absolute Gasteiger partial charge is 0.243 e. The first-order valence-electron chi connectivity index (χ1n) is 10.7. The van der Waals surface area contributed by atoms with E-state index in [4.69, 9.17) is 0 Å². The van der Waals surface area contributed by atoms with Gasteiger partial charge in [0.2, 0.25) is 11.8 Å². The first-order chi connectivity index (χ1) is 14.4. The van der Waals surface area contributed by atoms with Gasteiger partial charge in [-0.25, -0.2) is 5.01 Å².